The van der Waals surface area contributed by atoms with Crippen LogP contribution in [-0.2, 0) is 6.54 Å². The van der Waals surface area contributed by atoms with Crippen LogP contribution in [0.3, 0.4) is 0 Å². The van der Waals surface area contributed by atoms with Gasteiger partial charge in [-0.1, -0.05) is 0 Å². The van der Waals surface area contributed by atoms with E-state index in [9.17, 15) is 0 Å². The Balaban J connectivity index is 2.05. The van der Waals surface area contributed by atoms with Crippen molar-refractivity contribution in [3.05, 3.63) is 47.8 Å². The molecule has 2 aromatic rings. The van der Waals surface area contributed by atoms with Crippen LogP contribution in [0.4, 0.5) is 5.69 Å². The molecular formula is C12H14N4. The molecule has 2 rings (SSSR count). The Morgan fingerprint density at radius 3 is 2.75 bits per heavy atom. The molecule has 0 aliphatic rings. The SMILES string of the molecule is Cc1ccc(NCc2cnccn2)c(C)n1. The lowest BCUT2D eigenvalue weighted by Crippen LogP contribution is -2.04. The molecule has 16 heavy (non-hydrogen) atoms. The van der Waals surface area contributed by atoms with Crippen LogP contribution in [0.5, 0.6) is 0 Å². The van der Waals surface area contributed by atoms with E-state index < -0.39 is 0 Å². The van der Waals surface area contributed by atoms with Gasteiger partial charge in [0, 0.05) is 18.1 Å². The topological polar surface area (TPSA) is 50.7 Å². The summed E-state index contributed by atoms with van der Waals surface area (Å²) < 4.78 is 0. The molecule has 2 aromatic heterocycles. The van der Waals surface area contributed by atoms with Crippen molar-refractivity contribution in [3.8, 4) is 0 Å². The zero-order valence-electron chi connectivity index (χ0n) is 9.44. The third kappa shape index (κ3) is 2.53. The lowest BCUT2D eigenvalue weighted by molar-refractivity contribution is 0.997. The van der Waals surface area contributed by atoms with Crippen molar-refractivity contribution in [3.63, 3.8) is 0 Å². The van der Waals surface area contributed by atoms with E-state index in [4.69, 9.17) is 0 Å². The minimum absolute atomic E-state index is 0.666. The number of aromatic nitrogens is 3. The fraction of sp³-hybridized carbons (Fsp3) is 0.250. The van der Waals surface area contributed by atoms with Crippen LogP contribution in [0.15, 0.2) is 30.7 Å². The van der Waals surface area contributed by atoms with Gasteiger partial charge in [0.1, 0.15) is 0 Å². The fourth-order valence-corrected chi connectivity index (χ4v) is 1.48. The predicted molar refractivity (Wildman–Crippen MR) is 63.1 cm³/mol. The van der Waals surface area contributed by atoms with Gasteiger partial charge in [0.2, 0.25) is 0 Å². The van der Waals surface area contributed by atoms with E-state index in [1.807, 2.05) is 26.0 Å². The number of pyridine rings is 1. The molecule has 0 radical (unpaired) electrons. The van der Waals surface area contributed by atoms with Crippen LogP contribution in [0, 0.1) is 13.8 Å². The van der Waals surface area contributed by atoms with Gasteiger partial charge in [-0.15, -0.1) is 0 Å². The predicted octanol–water partition coefficient (Wildman–Crippen LogP) is 2.10. The molecule has 0 aromatic carbocycles. The molecule has 0 amide bonds. The van der Waals surface area contributed by atoms with Crippen molar-refractivity contribution in [2.75, 3.05) is 5.32 Å². The molecule has 4 nitrogen and oxygen atoms in total. The zero-order valence-corrected chi connectivity index (χ0v) is 9.44. The molecule has 0 saturated heterocycles. The second kappa shape index (κ2) is 4.70. The number of nitrogens with zero attached hydrogens (tertiary/aromatic N) is 3. The lowest BCUT2D eigenvalue weighted by Gasteiger charge is -2.08. The molecule has 0 unspecified atom stereocenters. The molecule has 2 heterocycles. The van der Waals surface area contributed by atoms with Crippen LogP contribution in [0.2, 0.25) is 0 Å². The molecule has 0 spiro atoms. The minimum atomic E-state index is 0.666. The summed E-state index contributed by atoms with van der Waals surface area (Å²) in [7, 11) is 0. The van der Waals surface area contributed by atoms with Gasteiger partial charge < -0.3 is 5.32 Å². The average Bonchev–Trinajstić information content (AvgIpc) is 2.29. The van der Waals surface area contributed by atoms with E-state index >= 15 is 0 Å². The highest BCUT2D eigenvalue weighted by molar-refractivity contribution is 5.47. The van der Waals surface area contributed by atoms with Crippen LogP contribution < -0.4 is 5.32 Å². The summed E-state index contributed by atoms with van der Waals surface area (Å²) >= 11 is 0. The van der Waals surface area contributed by atoms with E-state index in [2.05, 4.69) is 20.3 Å². The quantitative estimate of drug-likeness (QED) is 0.850. The highest BCUT2D eigenvalue weighted by atomic mass is 14.9. The summed E-state index contributed by atoms with van der Waals surface area (Å²) in [5.74, 6) is 0. The van der Waals surface area contributed by atoms with Crippen LogP contribution in [0.25, 0.3) is 0 Å². The Labute approximate surface area is 94.8 Å². The lowest BCUT2D eigenvalue weighted by atomic mass is 10.2. The van der Waals surface area contributed by atoms with Crippen molar-refractivity contribution in [2.24, 2.45) is 0 Å². The van der Waals surface area contributed by atoms with Gasteiger partial charge in [-0.25, -0.2) is 0 Å². The number of aryl methyl sites for hydroxylation is 2. The summed E-state index contributed by atoms with van der Waals surface area (Å²) in [6, 6.07) is 4.03. The van der Waals surface area contributed by atoms with Crippen molar-refractivity contribution >= 4 is 5.69 Å². The van der Waals surface area contributed by atoms with Gasteiger partial charge in [-0.3, -0.25) is 15.0 Å². The number of rotatable bonds is 3. The monoisotopic (exact) mass is 214 g/mol. The van der Waals surface area contributed by atoms with Gasteiger partial charge in [-0.2, -0.15) is 0 Å². The van der Waals surface area contributed by atoms with Crippen molar-refractivity contribution in [1.82, 2.24) is 15.0 Å². The molecule has 0 atom stereocenters. The number of hydrogen-bond acceptors (Lipinski definition) is 4. The van der Waals surface area contributed by atoms with Gasteiger partial charge >= 0.3 is 0 Å². The smallest absolute Gasteiger partial charge is 0.0777 e. The average molecular weight is 214 g/mol. The molecule has 0 fully saturated rings. The molecule has 0 aliphatic heterocycles. The Bertz CT molecular complexity index is 468. The third-order valence-electron chi connectivity index (χ3n) is 2.30. The molecule has 4 heteroatoms. The van der Waals surface area contributed by atoms with Gasteiger partial charge in [-0.05, 0) is 26.0 Å². The first-order valence-corrected chi connectivity index (χ1v) is 5.19. The van der Waals surface area contributed by atoms with Gasteiger partial charge in [0.05, 0.1) is 29.8 Å². The number of anilines is 1. The van der Waals surface area contributed by atoms with Gasteiger partial charge in [0.25, 0.3) is 0 Å². The molecule has 0 aliphatic carbocycles. The summed E-state index contributed by atoms with van der Waals surface area (Å²) in [6.45, 7) is 4.64. The van der Waals surface area contributed by atoms with E-state index in [1.54, 1.807) is 18.6 Å². The minimum Gasteiger partial charge on any atom is -0.378 e. The standard InChI is InChI=1S/C12H14N4/c1-9-3-4-12(10(2)16-9)15-8-11-7-13-5-6-14-11/h3-7,15H,8H2,1-2H3. The molecule has 1 N–H and O–H groups in total. The summed E-state index contributed by atoms with van der Waals surface area (Å²) in [5, 5.41) is 3.29. The van der Waals surface area contributed by atoms with Crippen molar-refractivity contribution < 1.29 is 0 Å². The highest BCUT2D eigenvalue weighted by Gasteiger charge is 1.99. The van der Waals surface area contributed by atoms with E-state index in [0.29, 0.717) is 6.54 Å². The molecule has 0 bridgehead atoms. The Morgan fingerprint density at radius 1 is 1.19 bits per heavy atom. The summed E-state index contributed by atoms with van der Waals surface area (Å²) in [6.07, 6.45) is 5.11. The fourth-order valence-electron chi connectivity index (χ4n) is 1.48. The Kier molecular flexibility index (Phi) is 3.10. The van der Waals surface area contributed by atoms with Gasteiger partial charge in [0.15, 0.2) is 0 Å². The first kappa shape index (κ1) is 10.5. The highest BCUT2D eigenvalue weighted by Crippen LogP contribution is 2.13. The first-order chi connectivity index (χ1) is 7.75. The van der Waals surface area contributed by atoms with Crippen LogP contribution >= 0.6 is 0 Å². The maximum Gasteiger partial charge on any atom is 0.0777 e. The zero-order chi connectivity index (χ0) is 11.4. The Morgan fingerprint density at radius 2 is 2.06 bits per heavy atom. The molecular weight excluding hydrogens is 200 g/mol. The number of nitrogens with one attached hydrogen (secondary N) is 1. The maximum atomic E-state index is 4.39. The summed E-state index contributed by atoms with van der Waals surface area (Å²) in [5.41, 5.74) is 3.99. The molecule has 82 valence electrons. The number of hydrogen-bond donors (Lipinski definition) is 1. The van der Waals surface area contributed by atoms with Crippen molar-refractivity contribution in [1.29, 1.82) is 0 Å². The second-order valence-corrected chi connectivity index (χ2v) is 3.64. The molecule has 0 saturated carbocycles. The normalized spacial score (nSPS) is 10.1. The van der Waals surface area contributed by atoms with Crippen molar-refractivity contribution in [2.45, 2.75) is 20.4 Å². The van der Waals surface area contributed by atoms with E-state index in [0.717, 1.165) is 22.8 Å². The maximum absolute atomic E-state index is 4.39. The van der Waals surface area contributed by atoms with E-state index in [1.165, 1.54) is 0 Å². The van der Waals surface area contributed by atoms with Crippen LogP contribution in [0.1, 0.15) is 17.1 Å². The first-order valence-electron chi connectivity index (χ1n) is 5.19. The second-order valence-electron chi connectivity index (χ2n) is 3.64. The third-order valence-corrected chi connectivity index (χ3v) is 2.30. The van der Waals surface area contributed by atoms with Crippen LogP contribution in [-0.4, -0.2) is 15.0 Å². The largest absolute Gasteiger partial charge is 0.378 e. The van der Waals surface area contributed by atoms with E-state index in [-0.39, 0.29) is 0 Å². The summed E-state index contributed by atoms with van der Waals surface area (Å²) in [4.78, 5) is 12.6. The Hall–Kier alpha value is -1.97.